The molecule has 7 rings (SSSR count). The second-order valence-electron chi connectivity index (χ2n) is 13.3. The molecule has 7 aromatic rings. The summed E-state index contributed by atoms with van der Waals surface area (Å²) in [6, 6.07) is 33.6. The zero-order valence-electron chi connectivity index (χ0n) is 33.2. The Bertz CT molecular complexity index is 2600. The molecular weight excluding hydrogens is 759 g/mol. The molecule has 0 spiro atoms. The molecule has 57 heavy (non-hydrogen) atoms. The van der Waals surface area contributed by atoms with Crippen molar-refractivity contribution in [2.45, 2.75) is 13.8 Å². The van der Waals surface area contributed by atoms with Crippen LogP contribution in [-0.2, 0) is 42.3 Å². The van der Waals surface area contributed by atoms with Crippen molar-refractivity contribution in [3.05, 3.63) is 145 Å². The number of benzene rings is 3. The van der Waals surface area contributed by atoms with Crippen molar-refractivity contribution in [1.29, 1.82) is 0 Å². The van der Waals surface area contributed by atoms with E-state index in [2.05, 4.69) is 65.1 Å². The van der Waals surface area contributed by atoms with Crippen molar-refractivity contribution in [2.24, 2.45) is 89.1 Å². The molecule has 0 atom stereocenters. The number of fused-ring (bicyclic) bond motifs is 2. The van der Waals surface area contributed by atoms with E-state index < -0.39 is 0 Å². The van der Waals surface area contributed by atoms with Gasteiger partial charge in [-0.15, -0.1) is 40.9 Å². The highest BCUT2D eigenvalue weighted by molar-refractivity contribution is 5.99. The third-order valence-corrected chi connectivity index (χ3v) is 8.88. The van der Waals surface area contributed by atoms with Crippen LogP contribution >= 0.6 is 0 Å². The fraction of sp³-hybridized carbons (Fsp3) is 0.220. The lowest BCUT2D eigenvalue weighted by Gasteiger charge is -2.00. The molecular formula is C41H46Cl2N14. The number of aryl methyl sites for hydroxylation is 6. The van der Waals surface area contributed by atoms with Crippen molar-refractivity contribution in [3.63, 3.8) is 0 Å². The largest absolute Gasteiger partial charge is 1.00 e. The second-order valence-corrected chi connectivity index (χ2v) is 13.3. The van der Waals surface area contributed by atoms with Gasteiger partial charge in [0.15, 0.2) is 30.6 Å². The number of para-hydroxylation sites is 4. The molecule has 0 fully saturated rings. The normalized spacial score (nSPS) is 11.8. The van der Waals surface area contributed by atoms with E-state index in [1.807, 2.05) is 187 Å². The maximum Gasteiger partial charge on any atom is 0.230 e. The Morgan fingerprint density at radius 1 is 0.491 bits per heavy atom. The number of azo groups is 2. The van der Waals surface area contributed by atoms with E-state index in [0.717, 1.165) is 50.2 Å². The van der Waals surface area contributed by atoms with Crippen LogP contribution in [0.5, 0.6) is 0 Å². The van der Waals surface area contributed by atoms with E-state index in [1.54, 1.807) is 0 Å². The molecule has 0 unspecified atom stereocenters. The SMILES string of the molecule is CC(C)/C(N=Nc1cc[n+](C)cc1)=N/N=c1n(C)c2ccccc2n1C.Cn1c(=N/N=C(\N=Nc2cc[n+](C)cc2)c2ccccc2)n(C)c2ccccc21.[Cl-].[Cl-]. The first-order valence-electron chi connectivity index (χ1n) is 17.8. The van der Waals surface area contributed by atoms with Crippen molar-refractivity contribution in [3.8, 4) is 0 Å². The monoisotopic (exact) mass is 804 g/mol. The molecule has 0 aliphatic rings. The first kappa shape index (κ1) is 43.3. The number of imidazole rings is 2. The van der Waals surface area contributed by atoms with Gasteiger partial charge in [-0.3, -0.25) is 0 Å². The molecule has 16 heteroatoms. The molecule has 4 heterocycles. The van der Waals surface area contributed by atoms with Crippen molar-refractivity contribution < 1.29 is 33.9 Å². The van der Waals surface area contributed by atoms with Crippen molar-refractivity contribution >= 4 is 45.1 Å². The van der Waals surface area contributed by atoms with Gasteiger partial charge in [0.05, 0.1) is 33.4 Å². The third-order valence-electron chi connectivity index (χ3n) is 8.88. The second kappa shape index (κ2) is 20.0. The van der Waals surface area contributed by atoms with Gasteiger partial charge < -0.3 is 43.1 Å². The third kappa shape index (κ3) is 10.5. The average Bonchev–Trinajstić information content (AvgIpc) is 3.59. The fourth-order valence-corrected chi connectivity index (χ4v) is 5.71. The number of hydrogen-bond donors (Lipinski definition) is 0. The van der Waals surface area contributed by atoms with E-state index in [1.165, 1.54) is 0 Å². The Labute approximate surface area is 343 Å². The van der Waals surface area contributed by atoms with Crippen LogP contribution in [0.25, 0.3) is 22.1 Å². The summed E-state index contributed by atoms with van der Waals surface area (Å²) in [5.41, 5.74) is 8.25. The molecule has 4 aromatic heterocycles. The summed E-state index contributed by atoms with van der Waals surface area (Å²) >= 11 is 0. The molecule has 14 nitrogen and oxygen atoms in total. The van der Waals surface area contributed by atoms with Crippen LogP contribution in [0.3, 0.4) is 0 Å². The molecule has 0 bridgehead atoms. The van der Waals surface area contributed by atoms with E-state index >= 15 is 0 Å². The minimum absolute atomic E-state index is 0. The number of hydrogen-bond acceptors (Lipinski definition) is 6. The Kier molecular flexibility index (Phi) is 15.2. The molecule has 294 valence electrons. The summed E-state index contributed by atoms with van der Waals surface area (Å²) in [6.45, 7) is 4.06. The molecule has 0 aliphatic carbocycles. The smallest absolute Gasteiger partial charge is 0.230 e. The fourth-order valence-electron chi connectivity index (χ4n) is 5.71. The minimum atomic E-state index is 0. The Hall–Kier alpha value is -6.38. The number of aromatic nitrogens is 6. The summed E-state index contributed by atoms with van der Waals surface area (Å²) in [5, 5.41) is 35.1. The molecule has 0 radical (unpaired) electrons. The lowest BCUT2D eigenvalue weighted by Crippen LogP contribution is -3.00. The van der Waals surface area contributed by atoms with Crippen LogP contribution in [-0.4, -0.2) is 29.9 Å². The molecule has 0 aliphatic heterocycles. The lowest BCUT2D eigenvalue weighted by atomic mass is 10.2. The number of nitrogens with zero attached hydrogens (tertiary/aromatic N) is 14. The summed E-state index contributed by atoms with van der Waals surface area (Å²) in [5.74, 6) is 1.15. The van der Waals surface area contributed by atoms with E-state index in [-0.39, 0.29) is 30.7 Å². The van der Waals surface area contributed by atoms with Gasteiger partial charge in [0.2, 0.25) is 17.1 Å². The quantitative estimate of drug-likeness (QED) is 0.0760. The van der Waals surface area contributed by atoms with Crippen LogP contribution in [0, 0.1) is 5.92 Å². The molecule has 3 aromatic carbocycles. The Morgan fingerprint density at radius 3 is 1.26 bits per heavy atom. The molecule has 0 saturated carbocycles. The maximum absolute atomic E-state index is 4.50. The highest BCUT2D eigenvalue weighted by Gasteiger charge is 2.09. The highest BCUT2D eigenvalue weighted by atomic mass is 35.5. The predicted molar refractivity (Wildman–Crippen MR) is 214 cm³/mol. The van der Waals surface area contributed by atoms with Gasteiger partial charge in [-0.25, -0.2) is 9.13 Å². The number of halogens is 2. The maximum atomic E-state index is 4.50. The highest BCUT2D eigenvalue weighted by Crippen LogP contribution is 2.14. The topological polar surface area (TPSA) is 126 Å². The van der Waals surface area contributed by atoms with Crippen LogP contribution in [0.15, 0.2) is 169 Å². The Morgan fingerprint density at radius 2 is 0.860 bits per heavy atom. The molecule has 0 amide bonds. The van der Waals surface area contributed by atoms with Gasteiger partial charge >= 0.3 is 0 Å². The molecule has 0 saturated heterocycles. The van der Waals surface area contributed by atoms with Crippen LogP contribution in [0.1, 0.15) is 19.4 Å². The van der Waals surface area contributed by atoms with Crippen molar-refractivity contribution in [2.75, 3.05) is 0 Å². The predicted octanol–water partition coefficient (Wildman–Crippen LogP) is 0.391. The summed E-state index contributed by atoms with van der Waals surface area (Å²) in [7, 11) is 11.8. The van der Waals surface area contributed by atoms with Gasteiger partial charge in [-0.2, -0.15) is 0 Å². The van der Waals surface area contributed by atoms with Gasteiger partial charge in [0.1, 0.15) is 14.1 Å². The standard InChI is InChI=1S/C22H22N7.C19H24N7.2ClH/c1-27-15-13-18(14-16-27)23-24-21(17-9-5-4-6-10-17)25-26-22-28(2)19-11-7-8-12-20(19)29(22)3;1-14(2)18(21-20-15-10-12-24(3)13-11-15)22-23-19-25(4)16-8-6-7-9-17(16)26(19)5;;/h4-16H,1-3H3;6-14H,1-5H3;2*1H/q2*+1;;/p-2. The van der Waals surface area contributed by atoms with Crippen molar-refractivity contribution in [1.82, 2.24) is 18.3 Å². The number of rotatable bonds is 6. The molecule has 0 N–H and O–H groups in total. The lowest BCUT2D eigenvalue weighted by molar-refractivity contribution is -0.671. The first-order chi connectivity index (χ1) is 26.6. The number of amidine groups is 2. The minimum Gasteiger partial charge on any atom is -1.00 e. The number of pyridine rings is 2. The van der Waals surface area contributed by atoms with Gasteiger partial charge in [-0.05, 0) is 24.3 Å². The summed E-state index contributed by atoms with van der Waals surface area (Å²) < 4.78 is 12.0. The summed E-state index contributed by atoms with van der Waals surface area (Å²) in [4.78, 5) is 0. The van der Waals surface area contributed by atoms with E-state index in [0.29, 0.717) is 11.7 Å². The zero-order chi connectivity index (χ0) is 38.9. The van der Waals surface area contributed by atoms with Gasteiger partial charge in [-0.1, -0.05) is 68.4 Å². The van der Waals surface area contributed by atoms with E-state index in [4.69, 9.17) is 0 Å². The van der Waals surface area contributed by atoms with Gasteiger partial charge in [0.25, 0.3) is 0 Å². The van der Waals surface area contributed by atoms with Crippen LogP contribution in [0.2, 0.25) is 0 Å². The van der Waals surface area contributed by atoms with Crippen LogP contribution < -0.4 is 45.2 Å². The van der Waals surface area contributed by atoms with Gasteiger partial charge in [0, 0.05) is 63.9 Å². The van der Waals surface area contributed by atoms with Crippen LogP contribution in [0.4, 0.5) is 11.4 Å². The summed E-state index contributed by atoms with van der Waals surface area (Å²) in [6.07, 6.45) is 7.71. The van der Waals surface area contributed by atoms with E-state index in [9.17, 15) is 0 Å². The zero-order valence-corrected chi connectivity index (χ0v) is 34.7. The first-order valence-corrected chi connectivity index (χ1v) is 17.8. The Balaban J connectivity index is 0.000000246. The average molecular weight is 806 g/mol.